The number of imidazole rings is 1. The molecule has 2 aromatic heterocycles. The first-order chi connectivity index (χ1) is 12.9. The van der Waals surface area contributed by atoms with Crippen LogP contribution < -0.4 is 15.4 Å². The number of aromatic nitrogens is 2. The molecule has 0 aliphatic heterocycles. The van der Waals surface area contributed by atoms with Crippen molar-refractivity contribution in [3.05, 3.63) is 59.1 Å². The van der Waals surface area contributed by atoms with Crippen LogP contribution in [0, 0.1) is 0 Å². The predicted octanol–water partition coefficient (Wildman–Crippen LogP) is 3.39. The van der Waals surface area contributed by atoms with Gasteiger partial charge in [-0.15, -0.1) is 0 Å². The van der Waals surface area contributed by atoms with E-state index in [0.29, 0.717) is 22.0 Å². The Morgan fingerprint density at radius 1 is 1.19 bits per heavy atom. The lowest BCUT2D eigenvalue weighted by Gasteiger charge is -2.10. The summed E-state index contributed by atoms with van der Waals surface area (Å²) in [4.78, 5) is 29.6. The van der Waals surface area contributed by atoms with Gasteiger partial charge in [0.2, 0.25) is 5.82 Å². The number of ether oxygens (including phenoxy) is 1. The summed E-state index contributed by atoms with van der Waals surface area (Å²) >= 11 is 6.01. The summed E-state index contributed by atoms with van der Waals surface area (Å²) in [6.45, 7) is 3.71. The molecular formula is C19H19ClN4O3. The molecule has 0 aliphatic carbocycles. The van der Waals surface area contributed by atoms with Crippen molar-refractivity contribution < 1.29 is 14.3 Å². The van der Waals surface area contributed by atoms with Crippen LogP contribution in [-0.4, -0.2) is 34.4 Å². The Morgan fingerprint density at radius 3 is 2.67 bits per heavy atom. The smallest absolute Gasteiger partial charge is 0.292 e. The SMILES string of the molecule is COc1ccc(Cl)cc1NC(=O)c1nc(C(=O)NC(C)C)c2ccccn12. The zero-order valence-electron chi connectivity index (χ0n) is 15.1. The third-order valence-electron chi connectivity index (χ3n) is 3.80. The minimum absolute atomic E-state index is 0.0500. The number of benzene rings is 1. The fourth-order valence-corrected chi connectivity index (χ4v) is 2.82. The molecule has 0 unspecified atom stereocenters. The van der Waals surface area contributed by atoms with Crippen molar-refractivity contribution in [3.63, 3.8) is 0 Å². The van der Waals surface area contributed by atoms with E-state index in [9.17, 15) is 9.59 Å². The molecular weight excluding hydrogens is 368 g/mol. The molecule has 7 nitrogen and oxygen atoms in total. The van der Waals surface area contributed by atoms with Crippen molar-refractivity contribution in [1.82, 2.24) is 14.7 Å². The van der Waals surface area contributed by atoms with Gasteiger partial charge >= 0.3 is 0 Å². The van der Waals surface area contributed by atoms with Crippen molar-refractivity contribution in [2.45, 2.75) is 19.9 Å². The molecule has 0 fully saturated rings. The zero-order valence-corrected chi connectivity index (χ0v) is 15.9. The van der Waals surface area contributed by atoms with Crippen molar-refractivity contribution >= 4 is 34.6 Å². The van der Waals surface area contributed by atoms with E-state index in [1.807, 2.05) is 13.8 Å². The van der Waals surface area contributed by atoms with Crippen LogP contribution >= 0.6 is 11.6 Å². The summed E-state index contributed by atoms with van der Waals surface area (Å²) in [5.41, 5.74) is 1.14. The topological polar surface area (TPSA) is 84.7 Å². The number of rotatable bonds is 5. The third kappa shape index (κ3) is 3.88. The average Bonchev–Trinajstić information content (AvgIpc) is 3.01. The lowest BCUT2D eigenvalue weighted by atomic mass is 10.3. The van der Waals surface area contributed by atoms with E-state index in [1.165, 1.54) is 7.11 Å². The van der Waals surface area contributed by atoms with Gasteiger partial charge in [0.1, 0.15) is 5.75 Å². The van der Waals surface area contributed by atoms with Crippen LogP contribution in [-0.2, 0) is 0 Å². The van der Waals surface area contributed by atoms with E-state index in [-0.39, 0.29) is 23.5 Å². The number of hydrogen-bond acceptors (Lipinski definition) is 4. The number of carbonyl (C=O) groups is 2. The van der Waals surface area contributed by atoms with Gasteiger partial charge < -0.3 is 15.4 Å². The number of halogens is 1. The zero-order chi connectivity index (χ0) is 19.6. The largest absolute Gasteiger partial charge is 0.495 e. The summed E-state index contributed by atoms with van der Waals surface area (Å²) in [5, 5.41) is 5.99. The van der Waals surface area contributed by atoms with Crippen molar-refractivity contribution in [3.8, 4) is 5.75 Å². The Labute approximate surface area is 161 Å². The average molecular weight is 387 g/mol. The molecule has 2 heterocycles. The van der Waals surface area contributed by atoms with Gasteiger partial charge in [0.15, 0.2) is 5.69 Å². The second-order valence-electron chi connectivity index (χ2n) is 6.17. The van der Waals surface area contributed by atoms with Crippen molar-refractivity contribution in [1.29, 1.82) is 0 Å². The number of carbonyl (C=O) groups excluding carboxylic acids is 2. The molecule has 3 rings (SSSR count). The fraction of sp³-hybridized carbons (Fsp3) is 0.211. The second kappa shape index (κ2) is 7.67. The maximum absolute atomic E-state index is 12.8. The molecule has 0 saturated heterocycles. The highest BCUT2D eigenvalue weighted by Gasteiger charge is 2.22. The van der Waals surface area contributed by atoms with E-state index in [2.05, 4.69) is 15.6 Å². The summed E-state index contributed by atoms with van der Waals surface area (Å²) in [6, 6.07) is 10.1. The number of amides is 2. The molecule has 2 amide bonds. The van der Waals surface area contributed by atoms with E-state index in [0.717, 1.165) is 0 Å². The molecule has 0 radical (unpaired) electrons. The minimum atomic E-state index is -0.486. The molecule has 0 saturated carbocycles. The Bertz CT molecular complexity index is 1010. The molecule has 8 heteroatoms. The molecule has 2 N–H and O–H groups in total. The van der Waals surface area contributed by atoms with E-state index in [4.69, 9.17) is 16.3 Å². The van der Waals surface area contributed by atoms with E-state index in [1.54, 1.807) is 47.0 Å². The molecule has 0 atom stereocenters. The number of nitrogens with zero attached hydrogens (tertiary/aromatic N) is 2. The van der Waals surface area contributed by atoms with Crippen molar-refractivity contribution in [2.24, 2.45) is 0 Å². The lowest BCUT2D eigenvalue weighted by molar-refractivity contribution is 0.0940. The standard InChI is InChI=1S/C19H19ClN4O3/c1-11(2)21-18(25)16-14-6-4-5-9-24(14)17(23-16)19(26)22-13-10-12(20)7-8-15(13)27-3/h4-11H,1-3H3,(H,21,25)(H,22,26). The predicted molar refractivity (Wildman–Crippen MR) is 104 cm³/mol. The monoisotopic (exact) mass is 386 g/mol. The maximum Gasteiger partial charge on any atom is 0.292 e. The Hall–Kier alpha value is -3.06. The number of methoxy groups -OCH3 is 1. The van der Waals surface area contributed by atoms with E-state index < -0.39 is 5.91 Å². The molecule has 0 aliphatic rings. The van der Waals surface area contributed by atoms with Crippen LogP contribution in [0.5, 0.6) is 5.75 Å². The van der Waals surface area contributed by atoms with Crippen molar-refractivity contribution in [2.75, 3.05) is 12.4 Å². The highest BCUT2D eigenvalue weighted by molar-refractivity contribution is 6.31. The van der Waals surface area contributed by atoms with Gasteiger partial charge in [-0.1, -0.05) is 17.7 Å². The molecule has 0 bridgehead atoms. The van der Waals surface area contributed by atoms with Gasteiger partial charge in [-0.2, -0.15) is 0 Å². The van der Waals surface area contributed by atoms with E-state index >= 15 is 0 Å². The van der Waals surface area contributed by atoms with Crippen LogP contribution in [0.1, 0.15) is 35.0 Å². The van der Waals surface area contributed by atoms with Gasteiger partial charge in [0.05, 0.1) is 18.3 Å². The molecule has 140 valence electrons. The van der Waals surface area contributed by atoms with Crippen LogP contribution in [0.2, 0.25) is 5.02 Å². The number of hydrogen-bond donors (Lipinski definition) is 2. The minimum Gasteiger partial charge on any atom is -0.495 e. The normalized spacial score (nSPS) is 10.9. The summed E-state index contributed by atoms with van der Waals surface area (Å²) in [7, 11) is 1.50. The number of pyridine rings is 1. The molecule has 27 heavy (non-hydrogen) atoms. The first kappa shape index (κ1) is 18.7. The fourth-order valence-electron chi connectivity index (χ4n) is 2.65. The second-order valence-corrected chi connectivity index (χ2v) is 6.60. The summed E-state index contributed by atoms with van der Waals surface area (Å²) < 4.78 is 6.82. The Morgan fingerprint density at radius 2 is 1.96 bits per heavy atom. The highest BCUT2D eigenvalue weighted by Crippen LogP contribution is 2.28. The van der Waals surface area contributed by atoms with Gasteiger partial charge in [-0.05, 0) is 44.2 Å². The first-order valence-electron chi connectivity index (χ1n) is 8.33. The quantitative estimate of drug-likeness (QED) is 0.704. The Balaban J connectivity index is 2.01. The number of nitrogens with one attached hydrogen (secondary N) is 2. The van der Waals surface area contributed by atoms with Gasteiger partial charge in [0.25, 0.3) is 11.8 Å². The van der Waals surface area contributed by atoms with Crippen LogP contribution in [0.4, 0.5) is 5.69 Å². The summed E-state index contributed by atoms with van der Waals surface area (Å²) in [5.74, 6) is -0.277. The van der Waals surface area contributed by atoms with Gasteiger partial charge in [0, 0.05) is 17.3 Å². The molecule has 1 aromatic carbocycles. The number of fused-ring (bicyclic) bond motifs is 1. The van der Waals surface area contributed by atoms with Gasteiger partial charge in [-0.3, -0.25) is 14.0 Å². The lowest BCUT2D eigenvalue weighted by Crippen LogP contribution is -2.30. The van der Waals surface area contributed by atoms with Crippen LogP contribution in [0.25, 0.3) is 5.52 Å². The van der Waals surface area contributed by atoms with Crippen LogP contribution in [0.3, 0.4) is 0 Å². The Kier molecular flexibility index (Phi) is 5.32. The van der Waals surface area contributed by atoms with Gasteiger partial charge in [-0.25, -0.2) is 4.98 Å². The molecule has 0 spiro atoms. The molecule has 3 aromatic rings. The summed E-state index contributed by atoms with van der Waals surface area (Å²) in [6.07, 6.45) is 1.68. The first-order valence-corrected chi connectivity index (χ1v) is 8.71. The highest BCUT2D eigenvalue weighted by atomic mass is 35.5. The van der Waals surface area contributed by atoms with Crippen LogP contribution in [0.15, 0.2) is 42.6 Å². The maximum atomic E-state index is 12.8. The third-order valence-corrected chi connectivity index (χ3v) is 4.03. The number of anilines is 1.